The quantitative estimate of drug-likeness (QED) is 0.775. The van der Waals surface area contributed by atoms with Gasteiger partial charge in [0.25, 0.3) is 0 Å². The third kappa shape index (κ3) is 3.72. The number of rotatable bonds is 4. The maximum atomic E-state index is 11.7. The largest absolute Gasteiger partial charge is 0.464 e. The molecule has 0 saturated heterocycles. The molecule has 0 atom stereocenters. The Hall–Kier alpha value is -2.80. The number of hydrogen-bond donors (Lipinski definition) is 0. The van der Waals surface area contributed by atoms with Gasteiger partial charge in [0.15, 0.2) is 0 Å². The van der Waals surface area contributed by atoms with E-state index >= 15 is 0 Å². The van der Waals surface area contributed by atoms with Crippen LogP contribution in [0.2, 0.25) is 0 Å². The molecule has 136 valence electrons. The molecule has 0 unspecified atom stereocenters. The molecule has 1 aliphatic rings. The Labute approximate surface area is 152 Å². The fourth-order valence-electron chi connectivity index (χ4n) is 3.02. The number of nitrogens with zero attached hydrogens (tertiary/aromatic N) is 3. The number of pyridine rings is 2. The smallest absolute Gasteiger partial charge is 0.356 e. The SMILES string of the molecule is COC(=O)c1cc(C)c(CN2CCc3ccc(C(=O)OC)nc3C2)cn1. The van der Waals surface area contributed by atoms with Gasteiger partial charge in [0.1, 0.15) is 11.4 Å². The highest BCUT2D eigenvalue weighted by Crippen LogP contribution is 2.21. The molecule has 3 rings (SSSR count). The Bertz CT molecular complexity index is 851. The first-order valence-corrected chi connectivity index (χ1v) is 8.35. The van der Waals surface area contributed by atoms with E-state index in [4.69, 9.17) is 9.47 Å². The van der Waals surface area contributed by atoms with E-state index in [0.29, 0.717) is 24.5 Å². The van der Waals surface area contributed by atoms with Crippen LogP contribution in [0.25, 0.3) is 0 Å². The van der Waals surface area contributed by atoms with Crippen LogP contribution in [0, 0.1) is 6.92 Å². The van der Waals surface area contributed by atoms with Gasteiger partial charge in [-0.25, -0.2) is 19.6 Å². The lowest BCUT2D eigenvalue weighted by Crippen LogP contribution is -2.31. The fraction of sp³-hybridized carbons (Fsp3) is 0.368. The number of methoxy groups -OCH3 is 2. The molecule has 3 heterocycles. The molecule has 0 saturated carbocycles. The predicted octanol–water partition coefficient (Wildman–Crippen LogP) is 1.92. The molecule has 0 amide bonds. The van der Waals surface area contributed by atoms with E-state index in [1.54, 1.807) is 18.3 Å². The lowest BCUT2D eigenvalue weighted by atomic mass is 10.0. The highest BCUT2D eigenvalue weighted by molar-refractivity contribution is 5.87. The maximum Gasteiger partial charge on any atom is 0.356 e. The van der Waals surface area contributed by atoms with E-state index in [1.807, 2.05) is 13.0 Å². The van der Waals surface area contributed by atoms with Gasteiger partial charge in [-0.05, 0) is 42.2 Å². The first-order valence-electron chi connectivity index (χ1n) is 8.35. The van der Waals surface area contributed by atoms with Crippen LogP contribution in [0.4, 0.5) is 0 Å². The van der Waals surface area contributed by atoms with Crippen molar-refractivity contribution in [3.05, 3.63) is 58.2 Å². The van der Waals surface area contributed by atoms with E-state index in [0.717, 1.165) is 35.3 Å². The average Bonchev–Trinajstić information content (AvgIpc) is 2.67. The highest BCUT2D eigenvalue weighted by Gasteiger charge is 2.20. The third-order valence-corrected chi connectivity index (χ3v) is 4.54. The summed E-state index contributed by atoms with van der Waals surface area (Å²) in [5.41, 5.74) is 4.73. The van der Waals surface area contributed by atoms with Crippen molar-refractivity contribution in [2.75, 3.05) is 20.8 Å². The summed E-state index contributed by atoms with van der Waals surface area (Å²) in [5.74, 6) is -0.866. The first-order chi connectivity index (χ1) is 12.5. The van der Waals surface area contributed by atoms with Gasteiger partial charge in [0, 0.05) is 25.8 Å². The third-order valence-electron chi connectivity index (χ3n) is 4.54. The number of hydrogen-bond acceptors (Lipinski definition) is 7. The van der Waals surface area contributed by atoms with Crippen molar-refractivity contribution in [1.29, 1.82) is 0 Å². The lowest BCUT2D eigenvalue weighted by Gasteiger charge is -2.28. The summed E-state index contributed by atoms with van der Waals surface area (Å²) in [6, 6.07) is 5.40. The van der Waals surface area contributed by atoms with Crippen LogP contribution in [0.5, 0.6) is 0 Å². The molecule has 0 radical (unpaired) electrons. The van der Waals surface area contributed by atoms with Gasteiger partial charge in [-0.15, -0.1) is 0 Å². The maximum absolute atomic E-state index is 11.7. The van der Waals surface area contributed by atoms with Gasteiger partial charge in [-0.2, -0.15) is 0 Å². The molecule has 2 aromatic heterocycles. The van der Waals surface area contributed by atoms with Crippen molar-refractivity contribution in [3.63, 3.8) is 0 Å². The zero-order valence-electron chi connectivity index (χ0n) is 15.1. The number of ether oxygens (including phenoxy) is 2. The molecule has 0 aliphatic carbocycles. The number of aryl methyl sites for hydroxylation is 1. The zero-order valence-corrected chi connectivity index (χ0v) is 15.1. The topological polar surface area (TPSA) is 81.6 Å². The second-order valence-electron chi connectivity index (χ2n) is 6.24. The monoisotopic (exact) mass is 355 g/mol. The summed E-state index contributed by atoms with van der Waals surface area (Å²) in [7, 11) is 2.69. The minimum atomic E-state index is -0.439. The molecular weight excluding hydrogens is 334 g/mol. The molecule has 0 spiro atoms. The fourth-order valence-corrected chi connectivity index (χ4v) is 3.02. The molecule has 0 bridgehead atoms. The number of carbonyl (C=O) groups excluding carboxylic acids is 2. The van der Waals surface area contributed by atoms with Gasteiger partial charge in [0.2, 0.25) is 0 Å². The predicted molar refractivity (Wildman–Crippen MR) is 93.7 cm³/mol. The van der Waals surface area contributed by atoms with Crippen LogP contribution in [-0.2, 0) is 29.0 Å². The number of carbonyl (C=O) groups is 2. The van der Waals surface area contributed by atoms with Gasteiger partial charge in [0.05, 0.1) is 19.9 Å². The second-order valence-corrected chi connectivity index (χ2v) is 6.24. The molecule has 1 aliphatic heterocycles. The Morgan fingerprint density at radius 2 is 1.88 bits per heavy atom. The first kappa shape index (κ1) is 18.0. The summed E-state index contributed by atoms with van der Waals surface area (Å²) in [6.07, 6.45) is 2.59. The molecule has 0 aromatic carbocycles. The molecular formula is C19H21N3O4. The van der Waals surface area contributed by atoms with Crippen LogP contribution in [0.15, 0.2) is 24.4 Å². The standard InChI is InChI=1S/C19H21N3O4/c1-12-8-16(19(24)26-3)20-9-14(12)10-22-7-6-13-4-5-15(18(23)25-2)21-17(13)11-22/h4-5,8-9H,6-7,10-11H2,1-3H3. The minimum absolute atomic E-state index is 0.308. The molecule has 0 fully saturated rings. The van der Waals surface area contributed by atoms with E-state index in [-0.39, 0.29) is 0 Å². The zero-order chi connectivity index (χ0) is 18.7. The Morgan fingerprint density at radius 1 is 1.15 bits per heavy atom. The van der Waals surface area contributed by atoms with Crippen LogP contribution >= 0.6 is 0 Å². The van der Waals surface area contributed by atoms with Crippen molar-refractivity contribution in [3.8, 4) is 0 Å². The number of fused-ring (bicyclic) bond motifs is 1. The average molecular weight is 355 g/mol. The Morgan fingerprint density at radius 3 is 2.58 bits per heavy atom. The molecule has 7 nitrogen and oxygen atoms in total. The second kappa shape index (κ2) is 7.61. The Kier molecular flexibility index (Phi) is 5.27. The van der Waals surface area contributed by atoms with E-state index in [2.05, 4.69) is 14.9 Å². The van der Waals surface area contributed by atoms with Gasteiger partial charge in [-0.3, -0.25) is 4.90 Å². The normalized spacial score (nSPS) is 13.8. The summed E-state index contributed by atoms with van der Waals surface area (Å²) < 4.78 is 9.45. The summed E-state index contributed by atoms with van der Waals surface area (Å²) in [4.78, 5) is 34.2. The van der Waals surface area contributed by atoms with Gasteiger partial charge in [-0.1, -0.05) is 6.07 Å². The van der Waals surface area contributed by atoms with E-state index < -0.39 is 11.9 Å². The minimum Gasteiger partial charge on any atom is -0.464 e. The van der Waals surface area contributed by atoms with Gasteiger partial charge < -0.3 is 9.47 Å². The van der Waals surface area contributed by atoms with E-state index in [9.17, 15) is 9.59 Å². The van der Waals surface area contributed by atoms with Crippen LogP contribution in [0.1, 0.15) is 43.4 Å². The molecule has 26 heavy (non-hydrogen) atoms. The summed E-state index contributed by atoms with van der Waals surface area (Å²) in [5, 5.41) is 0. The Balaban J connectivity index is 1.75. The number of esters is 2. The van der Waals surface area contributed by atoms with E-state index in [1.165, 1.54) is 14.2 Å². The van der Waals surface area contributed by atoms with Crippen LogP contribution in [-0.4, -0.2) is 47.6 Å². The summed E-state index contributed by atoms with van der Waals surface area (Å²) >= 11 is 0. The van der Waals surface area contributed by atoms with Crippen LogP contribution in [0.3, 0.4) is 0 Å². The van der Waals surface area contributed by atoms with Crippen LogP contribution < -0.4 is 0 Å². The number of aromatic nitrogens is 2. The lowest BCUT2D eigenvalue weighted by molar-refractivity contribution is 0.0584. The molecule has 0 N–H and O–H groups in total. The van der Waals surface area contributed by atoms with Crippen molar-refractivity contribution in [1.82, 2.24) is 14.9 Å². The van der Waals surface area contributed by atoms with Crippen molar-refractivity contribution in [2.24, 2.45) is 0 Å². The van der Waals surface area contributed by atoms with Crippen molar-refractivity contribution < 1.29 is 19.1 Å². The molecule has 2 aromatic rings. The van der Waals surface area contributed by atoms with Crippen molar-refractivity contribution in [2.45, 2.75) is 26.4 Å². The summed E-state index contributed by atoms with van der Waals surface area (Å²) in [6.45, 7) is 4.20. The molecule has 7 heteroatoms. The highest BCUT2D eigenvalue weighted by atomic mass is 16.5. The van der Waals surface area contributed by atoms with Crippen molar-refractivity contribution >= 4 is 11.9 Å². The van der Waals surface area contributed by atoms with Gasteiger partial charge >= 0.3 is 11.9 Å².